The van der Waals surface area contributed by atoms with E-state index in [4.69, 9.17) is 12.2 Å². The molecular formula is C12H24N3+. The first-order chi connectivity index (χ1) is 7.17. The summed E-state index contributed by atoms with van der Waals surface area (Å²) in [5.74, 6) is 3.38. The standard InChI is InChI=1S/C12H23N3/c1-5-8-9-11-15(7-3)12(13)14(4)10-6-2/h2,13H,5,7-11H2,1,3-4H3/p+1. The number of nitrogens with two attached hydrogens (primary N) is 1. The van der Waals surface area contributed by atoms with Crippen molar-refractivity contribution in [1.82, 2.24) is 4.90 Å². The number of hydrogen-bond acceptors (Lipinski definition) is 0. The van der Waals surface area contributed by atoms with E-state index < -0.39 is 0 Å². The van der Waals surface area contributed by atoms with Crippen LogP contribution in [-0.2, 0) is 0 Å². The van der Waals surface area contributed by atoms with Crippen LogP contribution in [0.2, 0.25) is 0 Å². The van der Waals surface area contributed by atoms with Crippen LogP contribution in [0.25, 0.3) is 0 Å². The molecule has 3 nitrogen and oxygen atoms in total. The van der Waals surface area contributed by atoms with Crippen molar-refractivity contribution in [2.45, 2.75) is 33.1 Å². The van der Waals surface area contributed by atoms with Gasteiger partial charge in [-0.15, -0.1) is 6.42 Å². The van der Waals surface area contributed by atoms with Crippen LogP contribution >= 0.6 is 0 Å². The lowest BCUT2D eigenvalue weighted by atomic mass is 10.2. The van der Waals surface area contributed by atoms with Gasteiger partial charge in [0.1, 0.15) is 6.54 Å². The van der Waals surface area contributed by atoms with Crippen molar-refractivity contribution in [2.75, 3.05) is 26.7 Å². The highest BCUT2D eigenvalue weighted by molar-refractivity contribution is 5.72. The predicted molar refractivity (Wildman–Crippen MR) is 65.9 cm³/mol. The third-order valence-electron chi connectivity index (χ3n) is 2.46. The normalized spacial score (nSPS) is 11.9. The smallest absolute Gasteiger partial charge is 0.291 e. The fourth-order valence-corrected chi connectivity index (χ4v) is 1.45. The number of terminal acetylenes is 1. The van der Waals surface area contributed by atoms with Crippen LogP contribution in [0, 0.1) is 12.3 Å². The first-order valence-corrected chi connectivity index (χ1v) is 5.69. The molecular weight excluding hydrogens is 186 g/mol. The summed E-state index contributed by atoms with van der Waals surface area (Å²) in [7, 11) is 1.93. The molecule has 15 heavy (non-hydrogen) atoms. The molecule has 0 bridgehead atoms. The minimum Gasteiger partial charge on any atom is -0.291 e. The second kappa shape index (κ2) is 8.16. The van der Waals surface area contributed by atoms with E-state index in [0.717, 1.165) is 19.0 Å². The molecule has 0 rings (SSSR count). The maximum absolute atomic E-state index is 6.01. The van der Waals surface area contributed by atoms with E-state index in [2.05, 4.69) is 24.7 Å². The van der Waals surface area contributed by atoms with Crippen LogP contribution in [0.15, 0.2) is 0 Å². The van der Waals surface area contributed by atoms with Gasteiger partial charge < -0.3 is 0 Å². The molecule has 86 valence electrons. The number of guanidine groups is 1. The summed E-state index contributed by atoms with van der Waals surface area (Å²) in [5, 5.41) is 0. The summed E-state index contributed by atoms with van der Waals surface area (Å²) in [4.78, 5) is 2.17. The van der Waals surface area contributed by atoms with E-state index >= 15 is 0 Å². The van der Waals surface area contributed by atoms with Crippen molar-refractivity contribution in [2.24, 2.45) is 5.73 Å². The number of hydrogen-bond donors (Lipinski definition) is 1. The van der Waals surface area contributed by atoms with Crippen LogP contribution in [0.3, 0.4) is 0 Å². The molecule has 3 heteroatoms. The fraction of sp³-hybridized carbons (Fsp3) is 0.750. The molecule has 0 atom stereocenters. The highest BCUT2D eigenvalue weighted by Gasteiger charge is 2.13. The Labute approximate surface area is 94.0 Å². The molecule has 0 aliphatic rings. The van der Waals surface area contributed by atoms with Gasteiger partial charge in [-0.3, -0.25) is 15.2 Å². The van der Waals surface area contributed by atoms with E-state index in [-0.39, 0.29) is 0 Å². The van der Waals surface area contributed by atoms with Gasteiger partial charge in [-0.05, 0) is 13.3 Å². The Morgan fingerprint density at radius 3 is 2.53 bits per heavy atom. The third kappa shape index (κ3) is 5.31. The Bertz CT molecular complexity index is 238. The Morgan fingerprint density at radius 1 is 1.40 bits per heavy atom. The Balaban J connectivity index is 4.27. The van der Waals surface area contributed by atoms with E-state index in [9.17, 15) is 0 Å². The molecule has 0 aliphatic carbocycles. The van der Waals surface area contributed by atoms with Crippen molar-refractivity contribution >= 4 is 5.96 Å². The van der Waals surface area contributed by atoms with Gasteiger partial charge in [0.15, 0.2) is 0 Å². The summed E-state index contributed by atoms with van der Waals surface area (Å²) < 4.78 is 1.91. The second-order valence-electron chi connectivity index (χ2n) is 3.71. The van der Waals surface area contributed by atoms with Crippen LogP contribution < -0.4 is 5.73 Å². The summed E-state index contributed by atoms with van der Waals surface area (Å²) >= 11 is 0. The van der Waals surface area contributed by atoms with Crippen molar-refractivity contribution in [3.8, 4) is 12.3 Å². The van der Waals surface area contributed by atoms with Gasteiger partial charge in [0, 0.05) is 0 Å². The average molecular weight is 210 g/mol. The Kier molecular flexibility index (Phi) is 7.53. The first-order valence-electron chi connectivity index (χ1n) is 5.69. The van der Waals surface area contributed by atoms with E-state index in [0.29, 0.717) is 6.54 Å². The summed E-state index contributed by atoms with van der Waals surface area (Å²) in [6.45, 7) is 6.84. The largest absolute Gasteiger partial charge is 0.346 e. The second-order valence-corrected chi connectivity index (χ2v) is 3.71. The summed E-state index contributed by atoms with van der Waals surface area (Å²) in [6.07, 6.45) is 8.93. The van der Waals surface area contributed by atoms with Crippen LogP contribution in [0.1, 0.15) is 33.1 Å². The minimum absolute atomic E-state index is 0.566. The molecule has 0 radical (unpaired) electrons. The Hall–Kier alpha value is -1.17. The average Bonchev–Trinajstić information content (AvgIpc) is 2.24. The fourth-order valence-electron chi connectivity index (χ4n) is 1.45. The van der Waals surface area contributed by atoms with Crippen molar-refractivity contribution < 1.29 is 4.58 Å². The van der Waals surface area contributed by atoms with E-state index in [1.165, 1.54) is 19.3 Å². The number of nitrogens with zero attached hydrogens (tertiary/aromatic N) is 2. The maximum Gasteiger partial charge on any atom is 0.346 e. The van der Waals surface area contributed by atoms with Crippen LogP contribution in [0.5, 0.6) is 0 Å². The molecule has 0 saturated heterocycles. The Morgan fingerprint density at radius 2 is 2.07 bits per heavy atom. The topological polar surface area (TPSA) is 32.3 Å². The van der Waals surface area contributed by atoms with Crippen LogP contribution in [-0.4, -0.2) is 42.1 Å². The maximum atomic E-state index is 6.01. The molecule has 0 aromatic rings. The molecule has 0 aliphatic heterocycles. The first kappa shape index (κ1) is 13.8. The monoisotopic (exact) mass is 210 g/mol. The zero-order chi connectivity index (χ0) is 11.7. The SMILES string of the molecule is C#CC[N+](C)=C(N)N(CC)CCCCC. The highest BCUT2D eigenvalue weighted by Crippen LogP contribution is 1.97. The molecule has 0 unspecified atom stereocenters. The van der Waals surface area contributed by atoms with Crippen LogP contribution in [0.4, 0.5) is 0 Å². The number of rotatable bonds is 6. The summed E-state index contributed by atoms with van der Waals surface area (Å²) in [5.41, 5.74) is 6.01. The molecule has 0 aromatic heterocycles. The highest BCUT2D eigenvalue weighted by atomic mass is 15.3. The zero-order valence-electron chi connectivity index (χ0n) is 10.3. The molecule has 2 N–H and O–H groups in total. The molecule has 0 aromatic carbocycles. The van der Waals surface area contributed by atoms with Gasteiger partial charge in [-0.1, -0.05) is 25.7 Å². The minimum atomic E-state index is 0.566. The van der Waals surface area contributed by atoms with Crippen molar-refractivity contribution in [1.29, 1.82) is 0 Å². The lowest BCUT2D eigenvalue weighted by Crippen LogP contribution is -2.43. The van der Waals surface area contributed by atoms with Crippen molar-refractivity contribution in [3.63, 3.8) is 0 Å². The molecule has 0 saturated carbocycles. The molecule has 0 spiro atoms. The molecule has 0 fully saturated rings. The lowest BCUT2D eigenvalue weighted by molar-refractivity contribution is -0.490. The number of unbranched alkanes of at least 4 members (excludes halogenated alkanes) is 2. The molecule has 0 heterocycles. The van der Waals surface area contributed by atoms with Gasteiger partial charge >= 0.3 is 5.96 Å². The van der Waals surface area contributed by atoms with E-state index in [1.54, 1.807) is 0 Å². The molecule has 0 amide bonds. The third-order valence-corrected chi connectivity index (χ3v) is 2.46. The van der Waals surface area contributed by atoms with Gasteiger partial charge in [0.05, 0.1) is 20.1 Å². The van der Waals surface area contributed by atoms with Gasteiger partial charge in [0.2, 0.25) is 0 Å². The zero-order valence-corrected chi connectivity index (χ0v) is 10.3. The van der Waals surface area contributed by atoms with Gasteiger partial charge in [0.25, 0.3) is 0 Å². The predicted octanol–water partition coefficient (Wildman–Crippen LogP) is 1.09. The lowest BCUT2D eigenvalue weighted by Gasteiger charge is -2.17. The quantitative estimate of drug-likeness (QED) is 0.234. The van der Waals surface area contributed by atoms with E-state index in [1.807, 2.05) is 11.6 Å². The van der Waals surface area contributed by atoms with Crippen molar-refractivity contribution in [3.05, 3.63) is 0 Å². The summed E-state index contributed by atoms with van der Waals surface area (Å²) in [6, 6.07) is 0. The van der Waals surface area contributed by atoms with Gasteiger partial charge in [-0.25, -0.2) is 0 Å². The van der Waals surface area contributed by atoms with Gasteiger partial charge in [-0.2, -0.15) is 0 Å².